The Morgan fingerprint density at radius 2 is 1.88 bits per heavy atom. The molecular formula is C18H30N4O3S. The molecule has 0 bridgehead atoms. The van der Waals surface area contributed by atoms with Crippen LogP contribution in [0.2, 0.25) is 0 Å². The molecule has 0 saturated carbocycles. The van der Waals surface area contributed by atoms with E-state index in [1.54, 1.807) is 26.5 Å². The number of nitrogens with zero attached hydrogens (tertiary/aromatic N) is 1. The average Bonchev–Trinajstić information content (AvgIpc) is 2.61. The van der Waals surface area contributed by atoms with E-state index in [9.17, 15) is 4.21 Å². The number of hydrogen-bond donors (Lipinski definition) is 3. The maximum atomic E-state index is 11.6. The van der Waals surface area contributed by atoms with Crippen LogP contribution in [0.5, 0.6) is 11.5 Å². The molecule has 1 aliphatic heterocycles. The van der Waals surface area contributed by atoms with Crippen LogP contribution in [-0.2, 0) is 9.73 Å². The highest BCUT2D eigenvalue weighted by molar-refractivity contribution is 7.91. The molecule has 0 aliphatic carbocycles. The Labute approximate surface area is 156 Å². The largest absolute Gasteiger partial charge is 0.493 e. The summed E-state index contributed by atoms with van der Waals surface area (Å²) in [7, 11) is 0.759. The summed E-state index contributed by atoms with van der Waals surface area (Å²) in [6.45, 7) is 1.70. The molecular weight excluding hydrogens is 352 g/mol. The van der Waals surface area contributed by atoms with E-state index < -0.39 is 9.73 Å². The molecule has 0 amide bonds. The summed E-state index contributed by atoms with van der Waals surface area (Å²) >= 11 is 0. The van der Waals surface area contributed by atoms with Gasteiger partial charge in [0.05, 0.1) is 19.9 Å². The van der Waals surface area contributed by atoms with Gasteiger partial charge in [0.1, 0.15) is 0 Å². The van der Waals surface area contributed by atoms with Crippen molar-refractivity contribution in [2.75, 3.05) is 45.1 Å². The highest BCUT2D eigenvalue weighted by Gasteiger charge is 2.23. The standard InChI is InChI=1S/C18H30N4O3S/c1-24-17-10-14(15(20)11-18(17)25-2)16(12-19)22-7-4-13(5-8-22)6-9-26(3,21)23/h10-13,21H,4-9,19-20H2,1-3H3/b16-12+. The number of rotatable bonds is 7. The van der Waals surface area contributed by atoms with Crippen LogP contribution in [0.3, 0.4) is 0 Å². The van der Waals surface area contributed by atoms with Gasteiger partial charge in [-0.2, -0.15) is 0 Å². The molecule has 1 aliphatic rings. The summed E-state index contributed by atoms with van der Waals surface area (Å²) in [5.74, 6) is 2.17. The van der Waals surface area contributed by atoms with Crippen LogP contribution in [-0.4, -0.2) is 48.4 Å². The van der Waals surface area contributed by atoms with Gasteiger partial charge in [-0.3, -0.25) is 8.99 Å². The normalized spacial score (nSPS) is 18.4. The van der Waals surface area contributed by atoms with Crippen molar-refractivity contribution >= 4 is 21.1 Å². The zero-order valence-electron chi connectivity index (χ0n) is 15.8. The second-order valence-electron chi connectivity index (χ2n) is 6.77. The van der Waals surface area contributed by atoms with Crippen molar-refractivity contribution in [3.05, 3.63) is 23.9 Å². The van der Waals surface area contributed by atoms with Crippen LogP contribution in [0.15, 0.2) is 18.3 Å². The van der Waals surface area contributed by atoms with Crippen molar-refractivity contribution in [2.45, 2.75) is 19.3 Å². The summed E-state index contributed by atoms with van der Waals surface area (Å²) < 4.78 is 29.8. The van der Waals surface area contributed by atoms with Crippen molar-refractivity contribution in [1.29, 1.82) is 4.78 Å². The number of nitrogen functional groups attached to an aromatic ring is 1. The van der Waals surface area contributed by atoms with E-state index >= 15 is 0 Å². The van der Waals surface area contributed by atoms with Crippen LogP contribution < -0.4 is 20.9 Å². The minimum atomic E-state index is -2.41. The lowest BCUT2D eigenvalue weighted by atomic mass is 9.93. The van der Waals surface area contributed by atoms with Crippen LogP contribution in [0, 0.1) is 10.7 Å². The van der Waals surface area contributed by atoms with Crippen molar-refractivity contribution in [3.63, 3.8) is 0 Å². The molecule has 26 heavy (non-hydrogen) atoms. The van der Waals surface area contributed by atoms with Crippen LogP contribution >= 0.6 is 0 Å². The molecule has 5 N–H and O–H groups in total. The quantitative estimate of drug-likeness (QED) is 0.624. The average molecular weight is 383 g/mol. The summed E-state index contributed by atoms with van der Waals surface area (Å²) in [5, 5.41) is 0. The number of piperidine rings is 1. The predicted molar refractivity (Wildman–Crippen MR) is 107 cm³/mol. The molecule has 8 heteroatoms. The number of ether oxygens (including phenoxy) is 2. The Bertz CT molecular complexity index is 754. The number of benzene rings is 1. The molecule has 0 radical (unpaired) electrons. The Balaban J connectivity index is 2.11. The highest BCUT2D eigenvalue weighted by Crippen LogP contribution is 2.37. The third-order valence-electron chi connectivity index (χ3n) is 4.86. The third-order valence-corrected chi connectivity index (χ3v) is 5.88. The Morgan fingerprint density at radius 3 is 2.38 bits per heavy atom. The van der Waals surface area contributed by atoms with Crippen molar-refractivity contribution in [3.8, 4) is 11.5 Å². The van der Waals surface area contributed by atoms with Crippen LogP contribution in [0.4, 0.5) is 5.69 Å². The van der Waals surface area contributed by atoms with E-state index in [1.807, 2.05) is 6.07 Å². The maximum absolute atomic E-state index is 11.6. The second kappa shape index (κ2) is 8.53. The van der Waals surface area contributed by atoms with Gasteiger partial charge in [-0.25, -0.2) is 0 Å². The number of nitrogens with two attached hydrogens (primary N) is 2. The van der Waals surface area contributed by atoms with E-state index in [4.69, 9.17) is 25.7 Å². The highest BCUT2D eigenvalue weighted by atomic mass is 32.2. The number of likely N-dealkylation sites (tertiary alicyclic amines) is 1. The fourth-order valence-corrected chi connectivity index (χ4v) is 4.12. The first-order chi connectivity index (χ1) is 12.3. The molecule has 1 saturated heterocycles. The van der Waals surface area contributed by atoms with Gasteiger partial charge in [0.15, 0.2) is 11.5 Å². The van der Waals surface area contributed by atoms with E-state index in [1.165, 1.54) is 6.26 Å². The molecule has 1 heterocycles. The first-order valence-electron chi connectivity index (χ1n) is 8.69. The van der Waals surface area contributed by atoms with Gasteiger partial charge in [0, 0.05) is 58.3 Å². The molecule has 7 nitrogen and oxygen atoms in total. The Hall–Kier alpha value is -2.09. The van der Waals surface area contributed by atoms with E-state index in [0.29, 0.717) is 28.9 Å². The summed E-state index contributed by atoms with van der Waals surface area (Å²) in [6.07, 6.45) is 5.91. The minimum Gasteiger partial charge on any atom is -0.493 e. The van der Waals surface area contributed by atoms with Gasteiger partial charge in [-0.05, 0) is 31.2 Å². The zero-order valence-corrected chi connectivity index (χ0v) is 16.6. The smallest absolute Gasteiger partial charge is 0.162 e. The third kappa shape index (κ3) is 4.97. The molecule has 1 aromatic rings. The zero-order chi connectivity index (χ0) is 19.3. The van der Waals surface area contributed by atoms with E-state index in [0.717, 1.165) is 43.6 Å². The summed E-state index contributed by atoms with van der Waals surface area (Å²) in [4.78, 5) is 2.22. The number of anilines is 1. The van der Waals surface area contributed by atoms with Gasteiger partial charge in [-0.15, -0.1) is 0 Å². The predicted octanol–water partition coefficient (Wildman–Crippen LogP) is 2.32. The van der Waals surface area contributed by atoms with Crippen molar-refractivity contribution < 1.29 is 13.7 Å². The first kappa shape index (κ1) is 20.2. The van der Waals surface area contributed by atoms with Gasteiger partial charge in [-0.1, -0.05) is 0 Å². The fourth-order valence-electron chi connectivity index (χ4n) is 3.34. The molecule has 1 fully saturated rings. The Morgan fingerprint density at radius 1 is 1.31 bits per heavy atom. The topological polar surface area (TPSA) is 115 Å². The van der Waals surface area contributed by atoms with Crippen LogP contribution in [0.25, 0.3) is 5.70 Å². The van der Waals surface area contributed by atoms with Gasteiger partial charge in [0.25, 0.3) is 0 Å². The number of nitrogens with one attached hydrogen (secondary N) is 1. The molecule has 0 spiro atoms. The molecule has 146 valence electrons. The Kier molecular flexibility index (Phi) is 6.63. The van der Waals surface area contributed by atoms with Gasteiger partial charge >= 0.3 is 0 Å². The molecule has 0 aromatic heterocycles. The molecule has 1 atom stereocenters. The maximum Gasteiger partial charge on any atom is 0.162 e. The lowest BCUT2D eigenvalue weighted by Gasteiger charge is -2.35. The van der Waals surface area contributed by atoms with E-state index in [-0.39, 0.29) is 0 Å². The van der Waals surface area contributed by atoms with Gasteiger partial charge < -0.3 is 25.8 Å². The fraction of sp³-hybridized carbons (Fsp3) is 0.556. The lowest BCUT2D eigenvalue weighted by Crippen LogP contribution is -2.33. The second-order valence-corrected chi connectivity index (χ2v) is 9.19. The summed E-state index contributed by atoms with van der Waals surface area (Å²) in [5.41, 5.74) is 14.4. The molecule has 1 unspecified atom stereocenters. The molecule has 2 rings (SSSR count). The number of hydrogen-bond acceptors (Lipinski definition) is 7. The molecule has 1 aromatic carbocycles. The SMILES string of the molecule is COc1cc(N)c(/C(=C\N)N2CCC(CCS(C)(=N)=O)CC2)cc1OC. The van der Waals surface area contributed by atoms with Gasteiger partial charge in [0.2, 0.25) is 0 Å². The minimum absolute atomic E-state index is 0.472. The van der Waals surface area contributed by atoms with E-state index in [2.05, 4.69) is 4.90 Å². The number of methoxy groups -OCH3 is 2. The van der Waals surface area contributed by atoms with Crippen molar-refractivity contribution in [1.82, 2.24) is 4.90 Å². The summed E-state index contributed by atoms with van der Waals surface area (Å²) in [6, 6.07) is 3.60. The first-order valence-corrected chi connectivity index (χ1v) is 10.8. The lowest BCUT2D eigenvalue weighted by molar-refractivity contribution is 0.251. The van der Waals surface area contributed by atoms with Crippen LogP contribution in [0.1, 0.15) is 24.8 Å². The van der Waals surface area contributed by atoms with Crippen molar-refractivity contribution in [2.24, 2.45) is 11.7 Å². The monoisotopic (exact) mass is 382 g/mol.